The largest absolute Gasteiger partial charge is 0.497 e. The number of nitrogens with one attached hydrogen (secondary N) is 3. The Morgan fingerprint density at radius 2 is 1.62 bits per heavy atom. The Hall–Kier alpha value is -5.06. The molecule has 39 heavy (non-hydrogen) atoms. The first-order valence-electron chi connectivity index (χ1n) is 12.0. The minimum Gasteiger partial charge on any atom is -0.497 e. The molecule has 3 aromatic rings. The quantitative estimate of drug-likeness (QED) is 0.185. The van der Waals surface area contributed by atoms with Gasteiger partial charge in [0.2, 0.25) is 0 Å². The van der Waals surface area contributed by atoms with Gasteiger partial charge in [0.15, 0.2) is 18.1 Å². The third-order valence-electron chi connectivity index (χ3n) is 5.18. The molecule has 0 bridgehead atoms. The lowest BCUT2D eigenvalue weighted by molar-refractivity contribution is -0.139. The summed E-state index contributed by atoms with van der Waals surface area (Å²) in [5, 5.41) is 9.09. The van der Waals surface area contributed by atoms with Crippen LogP contribution in [0.25, 0.3) is 0 Å². The topological polar surface area (TPSA) is 137 Å². The van der Waals surface area contributed by atoms with E-state index in [1.807, 2.05) is 6.92 Å². The summed E-state index contributed by atoms with van der Waals surface area (Å²) in [6.45, 7) is 2.10. The molecule has 0 saturated heterocycles. The highest BCUT2D eigenvalue weighted by Gasteiger charge is 2.13. The number of methoxy groups -OCH3 is 2. The molecule has 11 nitrogen and oxygen atoms in total. The molecule has 3 rings (SSSR count). The number of nitrogens with zero attached hydrogens (tertiary/aromatic N) is 1. The fourth-order valence-electron chi connectivity index (χ4n) is 3.26. The Morgan fingerprint density at radius 3 is 2.33 bits per heavy atom. The SMILES string of the molecule is CCOc1cc(/C=N\NC(=O)C(=O)NCc2ccc(OC)cc2)ccc1OCC(=O)Nc1cccc(OC)c1. The average molecular weight is 535 g/mol. The standard InChI is InChI=1S/C28H30N4O7/c1-4-38-25-14-20(10-13-24(25)39-18-26(33)31-21-6-5-7-23(15-21)37-3)17-30-32-28(35)27(34)29-16-19-8-11-22(36-2)12-9-19/h5-15,17H,4,16,18H2,1-3H3,(H,29,34)(H,31,33)(H,32,35)/b30-17-. The molecule has 0 aromatic heterocycles. The molecule has 0 aliphatic heterocycles. The van der Waals surface area contributed by atoms with Gasteiger partial charge >= 0.3 is 11.8 Å². The molecule has 0 saturated carbocycles. The first-order valence-corrected chi connectivity index (χ1v) is 12.0. The Morgan fingerprint density at radius 1 is 0.846 bits per heavy atom. The van der Waals surface area contributed by atoms with E-state index in [4.69, 9.17) is 18.9 Å². The van der Waals surface area contributed by atoms with Crippen LogP contribution in [0, 0.1) is 0 Å². The van der Waals surface area contributed by atoms with Crippen LogP contribution in [0.5, 0.6) is 23.0 Å². The summed E-state index contributed by atoms with van der Waals surface area (Å²) >= 11 is 0. The van der Waals surface area contributed by atoms with Crippen LogP contribution in [0.4, 0.5) is 5.69 Å². The second kappa shape index (κ2) is 14.6. The summed E-state index contributed by atoms with van der Waals surface area (Å²) in [5.74, 6) is -0.0323. The maximum absolute atomic E-state index is 12.3. The van der Waals surface area contributed by atoms with Crippen molar-refractivity contribution >= 4 is 29.6 Å². The Kier molecular flexibility index (Phi) is 10.7. The van der Waals surface area contributed by atoms with E-state index < -0.39 is 11.8 Å². The van der Waals surface area contributed by atoms with Crippen molar-refractivity contribution in [3.05, 3.63) is 77.9 Å². The summed E-state index contributed by atoms with van der Waals surface area (Å²) in [7, 11) is 3.11. The van der Waals surface area contributed by atoms with Crippen LogP contribution in [-0.2, 0) is 20.9 Å². The Labute approximate surface area is 226 Å². The number of hydrogen-bond acceptors (Lipinski definition) is 8. The van der Waals surface area contributed by atoms with Gasteiger partial charge in [-0.3, -0.25) is 14.4 Å². The minimum atomic E-state index is -0.910. The molecule has 3 amide bonds. The van der Waals surface area contributed by atoms with Crippen LogP contribution in [0.1, 0.15) is 18.1 Å². The van der Waals surface area contributed by atoms with Gasteiger partial charge in [0.05, 0.1) is 27.0 Å². The lowest BCUT2D eigenvalue weighted by Crippen LogP contribution is -2.37. The van der Waals surface area contributed by atoms with Crippen molar-refractivity contribution in [3.8, 4) is 23.0 Å². The number of anilines is 1. The zero-order valence-electron chi connectivity index (χ0n) is 21.9. The van der Waals surface area contributed by atoms with E-state index >= 15 is 0 Å². The number of hydrazone groups is 1. The molecule has 0 spiro atoms. The van der Waals surface area contributed by atoms with Gasteiger partial charge in [0, 0.05) is 18.3 Å². The third-order valence-corrected chi connectivity index (χ3v) is 5.18. The second-order valence-corrected chi connectivity index (χ2v) is 7.94. The van der Waals surface area contributed by atoms with E-state index in [-0.39, 0.29) is 19.1 Å². The highest BCUT2D eigenvalue weighted by Crippen LogP contribution is 2.28. The minimum absolute atomic E-state index is 0.177. The maximum Gasteiger partial charge on any atom is 0.329 e. The van der Waals surface area contributed by atoms with E-state index in [0.29, 0.717) is 40.9 Å². The molecule has 0 radical (unpaired) electrons. The lowest BCUT2D eigenvalue weighted by atomic mass is 10.2. The van der Waals surface area contributed by atoms with Gasteiger partial charge in [-0.05, 0) is 60.5 Å². The van der Waals surface area contributed by atoms with Crippen molar-refractivity contribution in [1.29, 1.82) is 0 Å². The second-order valence-electron chi connectivity index (χ2n) is 7.94. The number of carbonyl (C=O) groups excluding carboxylic acids is 3. The Balaban J connectivity index is 1.51. The van der Waals surface area contributed by atoms with Crippen LogP contribution >= 0.6 is 0 Å². The molecule has 0 heterocycles. The maximum atomic E-state index is 12.3. The van der Waals surface area contributed by atoms with Gasteiger partial charge in [0.25, 0.3) is 5.91 Å². The van der Waals surface area contributed by atoms with Crippen molar-refractivity contribution in [1.82, 2.24) is 10.7 Å². The van der Waals surface area contributed by atoms with Crippen molar-refractivity contribution in [2.75, 3.05) is 32.8 Å². The van der Waals surface area contributed by atoms with Crippen LogP contribution in [0.2, 0.25) is 0 Å². The summed E-state index contributed by atoms with van der Waals surface area (Å²) < 4.78 is 21.5. The van der Waals surface area contributed by atoms with E-state index in [0.717, 1.165) is 5.56 Å². The number of benzene rings is 3. The molecule has 3 aromatic carbocycles. The first kappa shape index (κ1) is 28.5. The lowest BCUT2D eigenvalue weighted by Gasteiger charge is -2.13. The normalized spacial score (nSPS) is 10.4. The van der Waals surface area contributed by atoms with Crippen LogP contribution in [0.15, 0.2) is 71.8 Å². The molecule has 11 heteroatoms. The van der Waals surface area contributed by atoms with Crippen molar-refractivity contribution < 1.29 is 33.3 Å². The number of ether oxygens (including phenoxy) is 4. The van der Waals surface area contributed by atoms with Gasteiger partial charge in [0.1, 0.15) is 11.5 Å². The summed E-state index contributed by atoms with van der Waals surface area (Å²) in [4.78, 5) is 36.4. The molecule has 3 N–H and O–H groups in total. The predicted molar refractivity (Wildman–Crippen MR) is 145 cm³/mol. The van der Waals surface area contributed by atoms with Crippen LogP contribution in [0.3, 0.4) is 0 Å². The first-order chi connectivity index (χ1) is 18.9. The molecule has 0 unspecified atom stereocenters. The van der Waals surface area contributed by atoms with Crippen LogP contribution < -0.4 is 35.0 Å². The number of amides is 3. The van der Waals surface area contributed by atoms with E-state index in [1.54, 1.807) is 80.9 Å². The number of hydrogen-bond donors (Lipinski definition) is 3. The van der Waals surface area contributed by atoms with Crippen molar-refractivity contribution in [2.45, 2.75) is 13.5 Å². The van der Waals surface area contributed by atoms with Crippen molar-refractivity contribution in [3.63, 3.8) is 0 Å². The molecule has 0 atom stereocenters. The zero-order chi connectivity index (χ0) is 28.0. The molecule has 204 valence electrons. The van der Waals surface area contributed by atoms with Gasteiger partial charge in [-0.1, -0.05) is 18.2 Å². The molecular formula is C28H30N4O7. The molecule has 0 aliphatic carbocycles. The van der Waals surface area contributed by atoms with E-state index in [9.17, 15) is 14.4 Å². The average Bonchev–Trinajstić information content (AvgIpc) is 2.96. The third kappa shape index (κ3) is 9.08. The van der Waals surface area contributed by atoms with Gasteiger partial charge in [-0.25, -0.2) is 5.43 Å². The predicted octanol–water partition coefficient (Wildman–Crippen LogP) is 2.89. The van der Waals surface area contributed by atoms with Crippen LogP contribution in [-0.4, -0.2) is 51.4 Å². The highest BCUT2D eigenvalue weighted by atomic mass is 16.5. The van der Waals surface area contributed by atoms with Gasteiger partial charge in [-0.15, -0.1) is 0 Å². The van der Waals surface area contributed by atoms with E-state index in [2.05, 4.69) is 21.2 Å². The number of carbonyl (C=O) groups is 3. The fraction of sp³-hybridized carbons (Fsp3) is 0.214. The monoisotopic (exact) mass is 534 g/mol. The summed E-state index contributed by atoms with van der Waals surface area (Å²) in [6, 6.07) is 19.0. The molecular weight excluding hydrogens is 504 g/mol. The number of rotatable bonds is 12. The molecule has 0 fully saturated rings. The smallest absolute Gasteiger partial charge is 0.329 e. The Bertz CT molecular complexity index is 1310. The molecule has 0 aliphatic rings. The van der Waals surface area contributed by atoms with Gasteiger partial charge < -0.3 is 29.6 Å². The summed E-state index contributed by atoms with van der Waals surface area (Å²) in [6.07, 6.45) is 1.36. The zero-order valence-corrected chi connectivity index (χ0v) is 21.9. The van der Waals surface area contributed by atoms with Gasteiger partial charge in [-0.2, -0.15) is 5.10 Å². The summed E-state index contributed by atoms with van der Waals surface area (Å²) in [5.41, 5.74) is 4.15. The van der Waals surface area contributed by atoms with E-state index in [1.165, 1.54) is 6.21 Å². The fourth-order valence-corrected chi connectivity index (χ4v) is 3.26. The van der Waals surface area contributed by atoms with Crippen molar-refractivity contribution in [2.24, 2.45) is 5.10 Å². The highest BCUT2D eigenvalue weighted by molar-refractivity contribution is 6.35.